The normalized spacial score (nSPS) is 12.7. The maximum absolute atomic E-state index is 8.75. The van der Waals surface area contributed by atoms with Crippen LogP contribution >= 0.6 is 11.3 Å². The van der Waals surface area contributed by atoms with Crippen LogP contribution < -0.4 is 5.19 Å². The van der Waals surface area contributed by atoms with E-state index < -0.39 is 19.9 Å². The molecule has 0 N–H and O–H groups in total. The van der Waals surface area contributed by atoms with E-state index in [0.717, 1.165) is 55.9 Å². The quantitative estimate of drug-likeness (QED) is 0.118. The minimum Gasteiger partial charge on any atom is -0.333 e. The minimum atomic E-state index is -1.45. The zero-order chi connectivity index (χ0) is 43.2. The fraction of sp³-hybridized carbons (Fsp3) is 0.283. The van der Waals surface area contributed by atoms with Crippen LogP contribution in [0.2, 0.25) is 19.6 Å². The van der Waals surface area contributed by atoms with Crippen molar-refractivity contribution < 1.29 is 22.8 Å². The molecular formula is C53H57IrN3SSi-2. The van der Waals surface area contributed by atoms with Gasteiger partial charge in [-0.05, 0) is 94.9 Å². The molecule has 59 heavy (non-hydrogen) atoms. The summed E-state index contributed by atoms with van der Waals surface area (Å²) in [6, 6.07) is 42.9. The molecule has 8 rings (SSSR count). The van der Waals surface area contributed by atoms with E-state index in [1.807, 2.05) is 69.3 Å². The number of thiophene rings is 1. The van der Waals surface area contributed by atoms with Gasteiger partial charge in [0, 0.05) is 34.7 Å². The molecule has 0 atom stereocenters. The first-order valence-electron chi connectivity index (χ1n) is 21.3. The van der Waals surface area contributed by atoms with Crippen molar-refractivity contribution in [3.63, 3.8) is 0 Å². The van der Waals surface area contributed by atoms with E-state index in [1.54, 1.807) is 0 Å². The summed E-state index contributed by atoms with van der Waals surface area (Å²) >= 11 is 1.52. The van der Waals surface area contributed by atoms with Gasteiger partial charge in [-0.3, -0.25) is 16.3 Å². The van der Waals surface area contributed by atoms with Crippen LogP contribution in [-0.4, -0.2) is 22.6 Å². The molecule has 0 aliphatic carbocycles. The smallest absolute Gasteiger partial charge is 0.0798 e. The van der Waals surface area contributed by atoms with E-state index in [0.29, 0.717) is 5.56 Å². The van der Waals surface area contributed by atoms with Crippen molar-refractivity contribution in [2.75, 3.05) is 0 Å². The third-order valence-electron chi connectivity index (χ3n) is 10.2. The molecule has 8 aromatic rings. The molecule has 0 aliphatic rings. The monoisotopic (exact) mass is 990 g/mol. The number of imidazole rings is 1. The fourth-order valence-electron chi connectivity index (χ4n) is 7.83. The summed E-state index contributed by atoms with van der Waals surface area (Å²) in [4.78, 5) is 9.81. The van der Waals surface area contributed by atoms with Gasteiger partial charge in [0.2, 0.25) is 0 Å². The van der Waals surface area contributed by atoms with Gasteiger partial charge >= 0.3 is 0 Å². The number of rotatable bonds is 7. The number of aromatic nitrogens is 3. The molecule has 0 saturated carbocycles. The molecule has 305 valence electrons. The van der Waals surface area contributed by atoms with Gasteiger partial charge in [-0.15, -0.1) is 47.3 Å². The zero-order valence-corrected chi connectivity index (χ0v) is 40.5. The number of hydrogen-bond acceptors (Lipinski definition) is 3. The Kier molecular flexibility index (Phi) is 12.3. The minimum absolute atomic E-state index is 0. The van der Waals surface area contributed by atoms with E-state index in [4.69, 9.17) is 12.7 Å². The van der Waals surface area contributed by atoms with Crippen LogP contribution in [0.4, 0.5) is 0 Å². The Morgan fingerprint density at radius 3 is 2.10 bits per heavy atom. The second-order valence-corrected chi connectivity index (χ2v) is 24.6. The van der Waals surface area contributed by atoms with E-state index in [2.05, 4.69) is 143 Å². The Balaban J connectivity index is 0.000000240. The third-order valence-corrected chi connectivity index (χ3v) is 13.1. The number of pyridine rings is 1. The van der Waals surface area contributed by atoms with Crippen LogP contribution in [0.5, 0.6) is 0 Å². The Labute approximate surface area is 374 Å². The molecule has 0 saturated heterocycles. The Morgan fingerprint density at radius 2 is 1.46 bits per heavy atom. The Bertz CT molecular complexity index is 2770. The number of hydrogen-bond donors (Lipinski definition) is 0. The van der Waals surface area contributed by atoms with Crippen LogP contribution in [0.15, 0.2) is 121 Å². The van der Waals surface area contributed by atoms with Gasteiger partial charge in [0.25, 0.3) is 0 Å². The van der Waals surface area contributed by atoms with Crippen molar-refractivity contribution in [2.45, 2.75) is 87.8 Å². The molecule has 0 unspecified atom stereocenters. The summed E-state index contributed by atoms with van der Waals surface area (Å²) in [5.74, 6) is 0.847. The molecule has 3 aromatic heterocycles. The molecule has 3 nitrogen and oxygen atoms in total. The van der Waals surface area contributed by atoms with E-state index in [9.17, 15) is 0 Å². The summed E-state index contributed by atoms with van der Waals surface area (Å²) in [7, 11) is -1.37. The maximum Gasteiger partial charge on any atom is 0.0798 e. The topological polar surface area (TPSA) is 30.7 Å². The summed E-state index contributed by atoms with van der Waals surface area (Å²) in [5, 5.41) is 6.05. The van der Waals surface area contributed by atoms with E-state index in [-0.39, 0.29) is 25.5 Å². The van der Waals surface area contributed by atoms with Crippen molar-refractivity contribution >= 4 is 45.7 Å². The van der Waals surface area contributed by atoms with Gasteiger partial charge in [0.05, 0.1) is 24.9 Å². The van der Waals surface area contributed by atoms with Crippen molar-refractivity contribution in [2.24, 2.45) is 10.8 Å². The largest absolute Gasteiger partial charge is 0.333 e. The third kappa shape index (κ3) is 10.3. The molecule has 6 heteroatoms. The number of para-hydroxylation sites is 2. The van der Waals surface area contributed by atoms with E-state index in [1.165, 1.54) is 44.3 Å². The fourth-order valence-corrected chi connectivity index (χ4v) is 10.3. The standard InChI is InChI=1S/C34H31N2S.C19H26NSi.Ir/c1-22-17-26(18-23(2)32(22)25-11-7-6-8-12-25)36-30-14-10-9-13-29(30)35-33(36)28-21-37-31-19-24(15-16-27(28)31)20-34(3,4)5;1-19(2,3)13-16-12-17(15-10-8-7-9-11-15)20-14-18(16)21(4,5)6;/h6-19H,20H2,1-5H3;7-10,12,14H,13H2,1-6H3;/q2*-1;/i20D2;;. The first-order chi connectivity index (χ1) is 28.2. The number of nitrogens with zero attached hydrogens (tertiary/aromatic N) is 3. The molecule has 1 radical (unpaired) electrons. The first kappa shape index (κ1) is 41.3. The van der Waals surface area contributed by atoms with Gasteiger partial charge in [-0.25, -0.2) is 0 Å². The molecule has 0 aliphatic heterocycles. The van der Waals surface area contributed by atoms with E-state index >= 15 is 0 Å². The van der Waals surface area contributed by atoms with Crippen molar-refractivity contribution in [1.29, 1.82) is 0 Å². The molecule has 0 amide bonds. The van der Waals surface area contributed by atoms with Crippen LogP contribution in [0.1, 0.15) is 66.5 Å². The number of benzene rings is 5. The molecule has 3 heterocycles. The van der Waals surface area contributed by atoms with Gasteiger partial charge in [0.1, 0.15) is 0 Å². The summed E-state index contributed by atoms with van der Waals surface area (Å²) < 4.78 is 20.8. The van der Waals surface area contributed by atoms with Crippen LogP contribution in [0.3, 0.4) is 0 Å². The van der Waals surface area contributed by atoms with Crippen molar-refractivity contribution in [3.05, 3.63) is 155 Å². The number of aryl methyl sites for hydroxylation is 2. The average Bonchev–Trinajstić information content (AvgIpc) is 3.78. The predicted molar refractivity (Wildman–Crippen MR) is 253 cm³/mol. The summed E-state index contributed by atoms with van der Waals surface area (Å²) in [5.41, 5.74) is 13.0. The summed E-state index contributed by atoms with van der Waals surface area (Å²) in [6.45, 7) is 24.3. The number of fused-ring (bicyclic) bond motifs is 2. The molecule has 0 fully saturated rings. The maximum atomic E-state index is 8.75. The average molecular weight is 990 g/mol. The van der Waals surface area contributed by atoms with Crippen molar-refractivity contribution in [3.8, 4) is 39.5 Å². The summed E-state index contributed by atoms with van der Waals surface area (Å²) in [6.07, 6.45) is 1.76. The van der Waals surface area contributed by atoms with Gasteiger partial charge < -0.3 is 9.55 Å². The Hall–Kier alpha value is -4.45. The van der Waals surface area contributed by atoms with Crippen LogP contribution in [0.25, 0.3) is 60.6 Å². The van der Waals surface area contributed by atoms with Gasteiger partial charge in [-0.1, -0.05) is 149 Å². The zero-order valence-electron chi connectivity index (χ0n) is 38.3. The second-order valence-electron chi connectivity index (χ2n) is 18.7. The van der Waals surface area contributed by atoms with Gasteiger partial charge in [0.15, 0.2) is 0 Å². The van der Waals surface area contributed by atoms with Gasteiger partial charge in [-0.2, -0.15) is 0 Å². The SMILES string of the molecule is CC(C)(C)Cc1cc(-c2[c-]cccc2)ncc1[Si](C)(C)C.[2H]C([2H])(c1ccc2c(-c3nc4ccccc4n3-c3cc(C)c(-c4ccccc4)c(C)c3)[c-]sc2c1)C(C)(C)C.[Ir]. The predicted octanol–water partition coefficient (Wildman–Crippen LogP) is 14.3. The first-order valence-corrected chi connectivity index (χ1v) is 24.6. The second kappa shape index (κ2) is 17.6. The van der Waals surface area contributed by atoms with Crippen LogP contribution in [0, 0.1) is 36.1 Å². The van der Waals surface area contributed by atoms with Crippen molar-refractivity contribution in [1.82, 2.24) is 14.5 Å². The van der Waals surface area contributed by atoms with Crippen LogP contribution in [-0.2, 0) is 32.9 Å². The molecule has 0 spiro atoms. The molecule has 5 aromatic carbocycles. The molecule has 0 bridgehead atoms. The Morgan fingerprint density at radius 1 is 0.780 bits per heavy atom. The molecular weight excluding hydrogens is 931 g/mol.